The lowest BCUT2D eigenvalue weighted by molar-refractivity contribution is 0.145. The lowest BCUT2D eigenvalue weighted by Crippen LogP contribution is -2.23. The summed E-state index contributed by atoms with van der Waals surface area (Å²) in [6.45, 7) is 1.13. The molecule has 1 saturated heterocycles. The third kappa shape index (κ3) is 1.95. The van der Waals surface area contributed by atoms with E-state index < -0.39 is 0 Å². The summed E-state index contributed by atoms with van der Waals surface area (Å²) in [7, 11) is 1.85. The molecular formula is C8H12N4O2. The van der Waals surface area contributed by atoms with Gasteiger partial charge in [-0.3, -0.25) is 4.68 Å². The molecule has 0 aliphatic carbocycles. The SMILES string of the molecule is Cn1ccc(NCC2CNC(=O)O2)n1. The number of nitrogens with one attached hydrogen (secondary N) is 2. The Kier molecular flexibility index (Phi) is 2.26. The Bertz CT molecular complexity index is 336. The minimum absolute atomic E-state index is 0.107. The molecule has 2 rings (SSSR count). The molecule has 14 heavy (non-hydrogen) atoms. The molecule has 76 valence electrons. The van der Waals surface area contributed by atoms with Crippen molar-refractivity contribution in [1.29, 1.82) is 0 Å². The van der Waals surface area contributed by atoms with Crippen LogP contribution in [0.15, 0.2) is 12.3 Å². The summed E-state index contributed by atoms with van der Waals surface area (Å²) in [5.74, 6) is 0.787. The molecule has 0 bridgehead atoms. The number of ether oxygens (including phenoxy) is 1. The molecule has 1 unspecified atom stereocenters. The fourth-order valence-corrected chi connectivity index (χ4v) is 1.27. The van der Waals surface area contributed by atoms with Gasteiger partial charge < -0.3 is 15.4 Å². The quantitative estimate of drug-likeness (QED) is 0.710. The molecular weight excluding hydrogens is 184 g/mol. The molecule has 1 atom stereocenters. The summed E-state index contributed by atoms with van der Waals surface area (Å²) in [5.41, 5.74) is 0. The Hall–Kier alpha value is -1.72. The van der Waals surface area contributed by atoms with E-state index in [2.05, 4.69) is 15.7 Å². The van der Waals surface area contributed by atoms with Gasteiger partial charge in [-0.05, 0) is 0 Å². The predicted molar refractivity (Wildman–Crippen MR) is 50.0 cm³/mol. The Balaban J connectivity index is 1.80. The van der Waals surface area contributed by atoms with Crippen LogP contribution in [-0.2, 0) is 11.8 Å². The first kappa shape index (κ1) is 8.86. The van der Waals surface area contributed by atoms with Crippen LogP contribution in [0.2, 0.25) is 0 Å². The van der Waals surface area contributed by atoms with Crippen molar-refractivity contribution >= 4 is 11.9 Å². The molecule has 0 aromatic carbocycles. The average Bonchev–Trinajstić information content (AvgIpc) is 2.72. The van der Waals surface area contributed by atoms with E-state index in [1.165, 1.54) is 0 Å². The minimum Gasteiger partial charge on any atom is -0.442 e. The fraction of sp³-hybridized carbons (Fsp3) is 0.500. The molecule has 6 nitrogen and oxygen atoms in total. The van der Waals surface area contributed by atoms with Crippen LogP contribution in [0.5, 0.6) is 0 Å². The second-order valence-corrected chi connectivity index (χ2v) is 3.16. The number of hydrogen-bond acceptors (Lipinski definition) is 4. The van der Waals surface area contributed by atoms with Gasteiger partial charge in [-0.15, -0.1) is 0 Å². The van der Waals surface area contributed by atoms with Gasteiger partial charge in [-0.2, -0.15) is 5.10 Å². The van der Waals surface area contributed by atoms with E-state index in [0.29, 0.717) is 13.1 Å². The first-order valence-corrected chi connectivity index (χ1v) is 4.42. The minimum atomic E-state index is -0.349. The maximum absolute atomic E-state index is 10.7. The number of cyclic esters (lactones) is 1. The normalized spacial score (nSPS) is 20.4. The highest BCUT2D eigenvalue weighted by atomic mass is 16.6. The summed E-state index contributed by atoms with van der Waals surface area (Å²) >= 11 is 0. The van der Waals surface area contributed by atoms with Gasteiger partial charge in [-0.1, -0.05) is 0 Å². The van der Waals surface area contributed by atoms with Crippen LogP contribution in [0, 0.1) is 0 Å². The van der Waals surface area contributed by atoms with E-state index >= 15 is 0 Å². The number of amides is 1. The largest absolute Gasteiger partial charge is 0.442 e. The summed E-state index contributed by atoms with van der Waals surface area (Å²) in [5, 5.41) is 9.80. The van der Waals surface area contributed by atoms with Crippen molar-refractivity contribution in [2.24, 2.45) is 7.05 Å². The fourth-order valence-electron chi connectivity index (χ4n) is 1.27. The van der Waals surface area contributed by atoms with Gasteiger partial charge in [0, 0.05) is 19.3 Å². The number of hydrogen-bond donors (Lipinski definition) is 2. The van der Waals surface area contributed by atoms with Gasteiger partial charge in [-0.25, -0.2) is 4.79 Å². The van der Waals surface area contributed by atoms with Crippen LogP contribution in [0.4, 0.5) is 10.6 Å². The molecule has 2 heterocycles. The molecule has 2 N–H and O–H groups in total. The number of rotatable bonds is 3. The van der Waals surface area contributed by atoms with E-state index in [0.717, 1.165) is 5.82 Å². The van der Waals surface area contributed by atoms with Crippen molar-refractivity contribution < 1.29 is 9.53 Å². The molecule has 0 radical (unpaired) electrons. The Morgan fingerprint density at radius 2 is 2.71 bits per heavy atom. The number of aromatic nitrogens is 2. The Morgan fingerprint density at radius 3 is 3.29 bits per heavy atom. The monoisotopic (exact) mass is 196 g/mol. The summed E-state index contributed by atoms with van der Waals surface area (Å²) in [6.07, 6.45) is 1.39. The van der Waals surface area contributed by atoms with Crippen molar-refractivity contribution in [2.45, 2.75) is 6.10 Å². The highest BCUT2D eigenvalue weighted by Crippen LogP contribution is 2.04. The number of anilines is 1. The van der Waals surface area contributed by atoms with Crippen molar-refractivity contribution in [3.63, 3.8) is 0 Å². The maximum atomic E-state index is 10.7. The van der Waals surface area contributed by atoms with Crippen LogP contribution >= 0.6 is 0 Å². The molecule has 1 fully saturated rings. The first-order chi connectivity index (χ1) is 6.74. The van der Waals surface area contributed by atoms with Gasteiger partial charge >= 0.3 is 6.09 Å². The number of alkyl carbamates (subject to hydrolysis) is 1. The second kappa shape index (κ2) is 3.57. The highest BCUT2D eigenvalue weighted by Gasteiger charge is 2.21. The maximum Gasteiger partial charge on any atom is 0.407 e. The Labute approximate surface area is 81.2 Å². The smallest absolute Gasteiger partial charge is 0.407 e. The van der Waals surface area contributed by atoms with Gasteiger partial charge in [0.2, 0.25) is 0 Å². The van der Waals surface area contributed by atoms with Gasteiger partial charge in [0.05, 0.1) is 13.1 Å². The van der Waals surface area contributed by atoms with Gasteiger partial charge in [0.25, 0.3) is 0 Å². The molecule has 1 aliphatic rings. The lowest BCUT2D eigenvalue weighted by Gasteiger charge is -2.07. The predicted octanol–water partition coefficient (Wildman–Crippen LogP) is -0.0596. The zero-order chi connectivity index (χ0) is 9.97. The third-order valence-corrected chi connectivity index (χ3v) is 1.97. The van der Waals surface area contributed by atoms with E-state index in [-0.39, 0.29) is 12.2 Å². The molecule has 6 heteroatoms. The van der Waals surface area contributed by atoms with Crippen LogP contribution < -0.4 is 10.6 Å². The topological polar surface area (TPSA) is 68.2 Å². The number of carbonyl (C=O) groups excluding carboxylic acids is 1. The van der Waals surface area contributed by atoms with Crippen molar-refractivity contribution in [3.8, 4) is 0 Å². The van der Waals surface area contributed by atoms with Crippen LogP contribution in [0.3, 0.4) is 0 Å². The number of aryl methyl sites for hydroxylation is 1. The van der Waals surface area contributed by atoms with Crippen LogP contribution in [0.25, 0.3) is 0 Å². The van der Waals surface area contributed by atoms with E-state index in [1.807, 2.05) is 19.3 Å². The second-order valence-electron chi connectivity index (χ2n) is 3.16. The average molecular weight is 196 g/mol. The van der Waals surface area contributed by atoms with E-state index in [1.54, 1.807) is 4.68 Å². The summed E-state index contributed by atoms with van der Waals surface area (Å²) < 4.78 is 6.65. The molecule has 0 saturated carbocycles. The zero-order valence-electron chi connectivity index (χ0n) is 7.86. The zero-order valence-corrected chi connectivity index (χ0v) is 7.86. The van der Waals surface area contributed by atoms with Crippen LogP contribution in [0.1, 0.15) is 0 Å². The highest BCUT2D eigenvalue weighted by molar-refractivity contribution is 5.69. The molecule has 1 aromatic rings. The summed E-state index contributed by atoms with van der Waals surface area (Å²) in [4.78, 5) is 10.7. The molecule has 1 aromatic heterocycles. The number of carbonyl (C=O) groups is 1. The molecule has 1 aliphatic heterocycles. The molecule has 1 amide bonds. The summed E-state index contributed by atoms with van der Waals surface area (Å²) in [6, 6.07) is 1.87. The van der Waals surface area contributed by atoms with Crippen LogP contribution in [-0.4, -0.2) is 35.1 Å². The first-order valence-electron chi connectivity index (χ1n) is 4.42. The number of nitrogens with zero attached hydrogens (tertiary/aromatic N) is 2. The van der Waals surface area contributed by atoms with Crippen molar-refractivity contribution in [3.05, 3.63) is 12.3 Å². The van der Waals surface area contributed by atoms with E-state index in [4.69, 9.17) is 4.74 Å². The van der Waals surface area contributed by atoms with Crippen molar-refractivity contribution in [2.75, 3.05) is 18.4 Å². The van der Waals surface area contributed by atoms with Gasteiger partial charge in [0.15, 0.2) is 0 Å². The van der Waals surface area contributed by atoms with E-state index in [9.17, 15) is 4.79 Å². The lowest BCUT2D eigenvalue weighted by atomic mass is 10.3. The Morgan fingerprint density at radius 1 is 1.86 bits per heavy atom. The van der Waals surface area contributed by atoms with Crippen molar-refractivity contribution in [1.82, 2.24) is 15.1 Å². The standard InChI is InChI=1S/C8H12N4O2/c1-12-3-2-7(11-12)9-4-6-5-10-8(13)14-6/h2-3,6H,4-5H2,1H3,(H,9,11)(H,10,13). The molecule has 0 spiro atoms. The van der Waals surface area contributed by atoms with Gasteiger partial charge in [0.1, 0.15) is 11.9 Å². The third-order valence-electron chi connectivity index (χ3n) is 1.97.